The van der Waals surface area contributed by atoms with Crippen molar-refractivity contribution in [2.24, 2.45) is 0 Å². The number of benzene rings is 2. The Kier molecular flexibility index (Phi) is 5.56. The molecular weight excluding hydrogens is 335 g/mol. The molecule has 25 heavy (non-hydrogen) atoms. The van der Waals surface area contributed by atoms with E-state index in [1.807, 2.05) is 25.1 Å². The van der Waals surface area contributed by atoms with E-state index >= 15 is 0 Å². The van der Waals surface area contributed by atoms with Crippen LogP contribution in [0.3, 0.4) is 0 Å². The maximum atomic E-state index is 12.9. The molecule has 0 aliphatic rings. The van der Waals surface area contributed by atoms with Crippen LogP contribution < -0.4 is 5.32 Å². The van der Waals surface area contributed by atoms with Crippen LogP contribution in [0.4, 0.5) is 4.39 Å². The first-order valence-electron chi connectivity index (χ1n) is 8.14. The number of rotatable bonds is 6. The number of carbonyl (C=O) groups is 1. The Labute approximate surface area is 150 Å². The van der Waals surface area contributed by atoms with Crippen molar-refractivity contribution in [2.75, 3.05) is 6.54 Å². The van der Waals surface area contributed by atoms with E-state index in [0.29, 0.717) is 18.5 Å². The Balaban J connectivity index is 1.54. The van der Waals surface area contributed by atoms with Gasteiger partial charge in [-0.05, 0) is 36.8 Å². The summed E-state index contributed by atoms with van der Waals surface area (Å²) in [6.45, 7) is 2.53. The molecule has 0 fully saturated rings. The third-order valence-electron chi connectivity index (χ3n) is 3.88. The lowest BCUT2D eigenvalue weighted by molar-refractivity contribution is 0.0954. The molecule has 0 aliphatic carbocycles. The molecule has 0 saturated heterocycles. The molecule has 1 aromatic heterocycles. The second-order valence-corrected chi connectivity index (χ2v) is 6.96. The molecule has 0 unspecified atom stereocenters. The average molecular weight is 354 g/mol. The van der Waals surface area contributed by atoms with Crippen molar-refractivity contribution in [3.63, 3.8) is 0 Å². The van der Waals surface area contributed by atoms with E-state index in [0.717, 1.165) is 17.1 Å². The summed E-state index contributed by atoms with van der Waals surface area (Å²) in [5.74, 6) is -0.543. The smallest absolute Gasteiger partial charge is 0.251 e. The zero-order chi connectivity index (χ0) is 17.6. The zero-order valence-corrected chi connectivity index (χ0v) is 14.8. The molecule has 0 spiro atoms. The first kappa shape index (κ1) is 17.3. The van der Waals surface area contributed by atoms with Gasteiger partial charge in [0.05, 0.1) is 10.7 Å². The molecule has 1 N–H and O–H groups in total. The molecule has 0 atom stereocenters. The van der Waals surface area contributed by atoms with Gasteiger partial charge in [0, 0.05) is 29.8 Å². The largest absolute Gasteiger partial charge is 0.352 e. The van der Waals surface area contributed by atoms with Crippen molar-refractivity contribution in [3.8, 4) is 0 Å². The standard InChI is InChI=1S/C20H19FN2OS/c1-14-18(13-15-5-3-2-4-6-15)25-19(23-14)11-12-22-20(24)16-7-9-17(21)10-8-16/h2-10H,11-13H2,1H3,(H,22,24). The van der Waals surface area contributed by atoms with E-state index in [1.165, 1.54) is 34.7 Å². The fourth-order valence-electron chi connectivity index (χ4n) is 2.53. The quantitative estimate of drug-likeness (QED) is 0.722. The van der Waals surface area contributed by atoms with E-state index in [-0.39, 0.29) is 11.7 Å². The number of carbonyl (C=O) groups excluding carboxylic acids is 1. The fraction of sp³-hybridized carbons (Fsp3) is 0.200. The summed E-state index contributed by atoms with van der Waals surface area (Å²) in [5.41, 5.74) is 2.78. The maximum Gasteiger partial charge on any atom is 0.251 e. The number of nitrogens with zero attached hydrogens (tertiary/aromatic N) is 1. The second-order valence-electron chi connectivity index (χ2n) is 5.79. The maximum absolute atomic E-state index is 12.9. The van der Waals surface area contributed by atoms with Gasteiger partial charge < -0.3 is 5.32 Å². The van der Waals surface area contributed by atoms with E-state index < -0.39 is 0 Å². The lowest BCUT2D eigenvalue weighted by atomic mass is 10.1. The van der Waals surface area contributed by atoms with E-state index in [1.54, 1.807) is 11.3 Å². The van der Waals surface area contributed by atoms with Crippen LogP contribution in [-0.4, -0.2) is 17.4 Å². The Morgan fingerprint density at radius 1 is 1.12 bits per heavy atom. The van der Waals surface area contributed by atoms with Crippen molar-refractivity contribution in [1.82, 2.24) is 10.3 Å². The summed E-state index contributed by atoms with van der Waals surface area (Å²) in [6, 6.07) is 15.9. The highest BCUT2D eigenvalue weighted by Gasteiger charge is 2.10. The number of aromatic nitrogens is 1. The fourth-order valence-corrected chi connectivity index (χ4v) is 3.63. The van der Waals surface area contributed by atoms with Crippen LogP contribution in [0, 0.1) is 12.7 Å². The lowest BCUT2D eigenvalue weighted by Crippen LogP contribution is -2.25. The van der Waals surface area contributed by atoms with Gasteiger partial charge in [-0.3, -0.25) is 4.79 Å². The summed E-state index contributed by atoms with van der Waals surface area (Å²) in [4.78, 5) is 17.9. The summed E-state index contributed by atoms with van der Waals surface area (Å²) in [5, 5.41) is 3.87. The minimum absolute atomic E-state index is 0.196. The molecule has 1 heterocycles. The predicted molar refractivity (Wildman–Crippen MR) is 98.5 cm³/mol. The van der Waals surface area contributed by atoms with E-state index in [4.69, 9.17) is 0 Å². The van der Waals surface area contributed by atoms with Crippen LogP contribution in [0.5, 0.6) is 0 Å². The van der Waals surface area contributed by atoms with E-state index in [9.17, 15) is 9.18 Å². The van der Waals surface area contributed by atoms with Gasteiger partial charge in [0.25, 0.3) is 5.91 Å². The molecule has 1 amide bonds. The Morgan fingerprint density at radius 3 is 2.56 bits per heavy atom. The van der Waals surface area contributed by atoms with Crippen LogP contribution in [0.1, 0.15) is 31.5 Å². The van der Waals surface area contributed by atoms with Crippen LogP contribution in [-0.2, 0) is 12.8 Å². The van der Waals surface area contributed by atoms with Crippen molar-refractivity contribution in [2.45, 2.75) is 19.8 Å². The molecule has 3 aromatic rings. The monoisotopic (exact) mass is 354 g/mol. The number of thiazole rings is 1. The molecule has 0 radical (unpaired) electrons. The van der Waals surface area contributed by atoms with Crippen molar-refractivity contribution >= 4 is 17.2 Å². The van der Waals surface area contributed by atoms with Gasteiger partial charge in [0.2, 0.25) is 0 Å². The summed E-state index contributed by atoms with van der Waals surface area (Å²) in [6.07, 6.45) is 1.57. The minimum atomic E-state index is -0.347. The minimum Gasteiger partial charge on any atom is -0.352 e. The molecule has 3 rings (SSSR count). The van der Waals surface area contributed by atoms with Gasteiger partial charge in [-0.1, -0.05) is 30.3 Å². The molecule has 2 aromatic carbocycles. The predicted octanol–water partition coefficient (Wildman–Crippen LogP) is 4.15. The molecular formula is C20H19FN2OS. The van der Waals surface area contributed by atoms with Gasteiger partial charge in [0.15, 0.2) is 0 Å². The molecule has 128 valence electrons. The van der Waals surface area contributed by atoms with Crippen LogP contribution in [0.15, 0.2) is 54.6 Å². The van der Waals surface area contributed by atoms with Gasteiger partial charge in [-0.15, -0.1) is 11.3 Å². The molecule has 0 saturated carbocycles. The highest BCUT2D eigenvalue weighted by atomic mass is 32.1. The summed E-state index contributed by atoms with van der Waals surface area (Å²) in [7, 11) is 0. The second kappa shape index (κ2) is 8.03. The third-order valence-corrected chi connectivity index (χ3v) is 5.09. The average Bonchev–Trinajstić information content (AvgIpc) is 2.96. The van der Waals surface area contributed by atoms with Crippen LogP contribution in [0.25, 0.3) is 0 Å². The summed E-state index contributed by atoms with van der Waals surface area (Å²) >= 11 is 1.69. The Hall–Kier alpha value is -2.53. The Bertz CT molecular complexity index is 844. The first-order valence-corrected chi connectivity index (χ1v) is 8.96. The summed E-state index contributed by atoms with van der Waals surface area (Å²) < 4.78 is 12.9. The molecule has 3 nitrogen and oxygen atoms in total. The topological polar surface area (TPSA) is 42.0 Å². The third kappa shape index (κ3) is 4.73. The van der Waals surface area contributed by atoms with Crippen molar-refractivity contribution < 1.29 is 9.18 Å². The Morgan fingerprint density at radius 2 is 1.84 bits per heavy atom. The van der Waals surface area contributed by atoms with Crippen LogP contribution in [0.2, 0.25) is 0 Å². The van der Waals surface area contributed by atoms with Gasteiger partial charge in [0.1, 0.15) is 5.82 Å². The number of nitrogens with one attached hydrogen (secondary N) is 1. The van der Waals surface area contributed by atoms with Crippen molar-refractivity contribution in [3.05, 3.63) is 87.1 Å². The van der Waals surface area contributed by atoms with Gasteiger partial charge >= 0.3 is 0 Å². The molecule has 0 bridgehead atoms. The number of hydrogen-bond acceptors (Lipinski definition) is 3. The number of halogens is 1. The van der Waals surface area contributed by atoms with Gasteiger partial charge in [-0.2, -0.15) is 0 Å². The van der Waals surface area contributed by atoms with Gasteiger partial charge in [-0.25, -0.2) is 9.37 Å². The first-order chi connectivity index (χ1) is 12.1. The lowest BCUT2D eigenvalue weighted by Gasteiger charge is -2.03. The molecule has 5 heteroatoms. The normalized spacial score (nSPS) is 10.6. The number of aryl methyl sites for hydroxylation is 1. The molecule has 0 aliphatic heterocycles. The van der Waals surface area contributed by atoms with Crippen molar-refractivity contribution in [1.29, 1.82) is 0 Å². The highest BCUT2D eigenvalue weighted by molar-refractivity contribution is 7.11. The number of amides is 1. The van der Waals surface area contributed by atoms with Crippen LogP contribution >= 0.6 is 11.3 Å². The zero-order valence-electron chi connectivity index (χ0n) is 14.0. The SMILES string of the molecule is Cc1nc(CCNC(=O)c2ccc(F)cc2)sc1Cc1ccccc1. The number of hydrogen-bond donors (Lipinski definition) is 1. The highest BCUT2D eigenvalue weighted by Crippen LogP contribution is 2.21. The van der Waals surface area contributed by atoms with E-state index in [2.05, 4.69) is 22.4 Å².